The zero-order chi connectivity index (χ0) is 18.9. The summed E-state index contributed by atoms with van der Waals surface area (Å²) in [5.41, 5.74) is 1.76. The van der Waals surface area contributed by atoms with Crippen LogP contribution in [-0.2, 0) is 28.1 Å². The molecule has 2 amide bonds. The van der Waals surface area contributed by atoms with E-state index in [-0.39, 0.29) is 17.4 Å². The van der Waals surface area contributed by atoms with E-state index in [1.165, 1.54) is 0 Å². The van der Waals surface area contributed by atoms with Crippen LogP contribution in [-0.4, -0.2) is 61.0 Å². The lowest BCUT2D eigenvalue weighted by atomic mass is 9.78. The van der Waals surface area contributed by atoms with E-state index in [4.69, 9.17) is 0 Å². The molecule has 8 heteroatoms. The molecule has 4 rings (SSSR count). The van der Waals surface area contributed by atoms with Gasteiger partial charge in [0, 0.05) is 63.5 Å². The number of rotatable bonds is 4. The van der Waals surface area contributed by atoms with Crippen LogP contribution < -0.4 is 0 Å². The van der Waals surface area contributed by atoms with E-state index in [1.807, 2.05) is 29.0 Å². The molecular formula is C19H26N6O2. The highest BCUT2D eigenvalue weighted by Gasteiger charge is 2.48. The van der Waals surface area contributed by atoms with Gasteiger partial charge in [-0.05, 0) is 18.9 Å². The first kappa shape index (κ1) is 17.8. The SMILES string of the molecule is CCC(=O)N1CCc2[nH]cnc2C12CCN(C(=O)CCn1cccn1)CC2. The molecule has 1 fully saturated rings. The van der Waals surface area contributed by atoms with Crippen LogP contribution in [0.3, 0.4) is 0 Å². The molecule has 2 aromatic heterocycles. The quantitative estimate of drug-likeness (QED) is 0.879. The second kappa shape index (κ2) is 7.17. The van der Waals surface area contributed by atoms with E-state index in [2.05, 4.69) is 15.1 Å². The maximum atomic E-state index is 12.6. The van der Waals surface area contributed by atoms with Crippen molar-refractivity contribution in [1.29, 1.82) is 0 Å². The zero-order valence-corrected chi connectivity index (χ0v) is 15.7. The third kappa shape index (κ3) is 3.13. The van der Waals surface area contributed by atoms with E-state index in [0.717, 1.165) is 37.2 Å². The number of carbonyl (C=O) groups excluding carboxylic acids is 2. The zero-order valence-electron chi connectivity index (χ0n) is 15.7. The second-order valence-electron chi connectivity index (χ2n) is 7.31. The molecule has 0 bridgehead atoms. The number of hydrogen-bond acceptors (Lipinski definition) is 4. The van der Waals surface area contributed by atoms with Gasteiger partial charge in [0.2, 0.25) is 11.8 Å². The smallest absolute Gasteiger partial charge is 0.224 e. The van der Waals surface area contributed by atoms with Crippen LogP contribution in [0.5, 0.6) is 0 Å². The van der Waals surface area contributed by atoms with Crippen LogP contribution >= 0.6 is 0 Å². The number of amides is 2. The number of nitrogens with zero attached hydrogens (tertiary/aromatic N) is 5. The van der Waals surface area contributed by atoms with E-state index in [1.54, 1.807) is 17.2 Å². The first-order valence-corrected chi connectivity index (χ1v) is 9.72. The summed E-state index contributed by atoms with van der Waals surface area (Å²) in [4.78, 5) is 37.0. The van der Waals surface area contributed by atoms with Gasteiger partial charge in [0.15, 0.2) is 0 Å². The summed E-state index contributed by atoms with van der Waals surface area (Å²) in [5.74, 6) is 0.314. The van der Waals surface area contributed by atoms with E-state index in [0.29, 0.717) is 32.5 Å². The van der Waals surface area contributed by atoms with Gasteiger partial charge in [0.25, 0.3) is 0 Å². The van der Waals surface area contributed by atoms with Crippen molar-refractivity contribution in [2.24, 2.45) is 0 Å². The van der Waals surface area contributed by atoms with Crippen molar-refractivity contribution in [1.82, 2.24) is 29.5 Å². The molecule has 0 atom stereocenters. The Bertz CT molecular complexity index is 804. The van der Waals surface area contributed by atoms with Crippen molar-refractivity contribution in [3.8, 4) is 0 Å². The fraction of sp³-hybridized carbons (Fsp3) is 0.579. The van der Waals surface area contributed by atoms with Crippen LogP contribution in [0.25, 0.3) is 0 Å². The number of piperidine rings is 1. The number of aromatic amines is 1. The lowest BCUT2D eigenvalue weighted by molar-refractivity contribution is -0.144. The monoisotopic (exact) mass is 370 g/mol. The first-order chi connectivity index (χ1) is 13.1. The molecule has 1 spiro atoms. The lowest BCUT2D eigenvalue weighted by Gasteiger charge is -2.50. The molecule has 0 aliphatic carbocycles. The highest BCUT2D eigenvalue weighted by atomic mass is 16.2. The highest BCUT2D eigenvalue weighted by Crippen LogP contribution is 2.42. The van der Waals surface area contributed by atoms with Gasteiger partial charge in [-0.3, -0.25) is 14.3 Å². The predicted molar refractivity (Wildman–Crippen MR) is 98.6 cm³/mol. The number of hydrogen-bond donors (Lipinski definition) is 1. The van der Waals surface area contributed by atoms with Gasteiger partial charge in [0.05, 0.1) is 17.6 Å². The fourth-order valence-electron chi connectivity index (χ4n) is 4.47. The molecule has 2 aliphatic heterocycles. The Morgan fingerprint density at radius 1 is 1.22 bits per heavy atom. The van der Waals surface area contributed by atoms with Crippen molar-refractivity contribution in [2.75, 3.05) is 19.6 Å². The normalized spacial score (nSPS) is 18.6. The molecule has 4 heterocycles. The molecule has 0 radical (unpaired) electrons. The van der Waals surface area contributed by atoms with Gasteiger partial charge in [-0.1, -0.05) is 6.92 Å². The molecule has 0 unspecified atom stereocenters. The van der Waals surface area contributed by atoms with Gasteiger partial charge < -0.3 is 14.8 Å². The summed E-state index contributed by atoms with van der Waals surface area (Å²) in [6, 6.07) is 1.86. The Hall–Kier alpha value is -2.64. The Kier molecular flexibility index (Phi) is 4.72. The molecule has 1 saturated heterocycles. The Morgan fingerprint density at radius 3 is 2.74 bits per heavy atom. The van der Waals surface area contributed by atoms with E-state index < -0.39 is 0 Å². The van der Waals surface area contributed by atoms with Gasteiger partial charge in [0.1, 0.15) is 0 Å². The number of nitrogens with one attached hydrogen (secondary N) is 1. The average molecular weight is 370 g/mol. The molecule has 0 aromatic carbocycles. The summed E-state index contributed by atoms with van der Waals surface area (Å²) in [5, 5.41) is 4.15. The third-order valence-corrected chi connectivity index (χ3v) is 5.92. The number of aryl methyl sites for hydroxylation is 1. The fourth-order valence-corrected chi connectivity index (χ4v) is 4.47. The standard InChI is InChI=1S/C19H26N6O2/c1-2-16(26)25-11-4-15-18(21-14-20-15)19(25)6-12-23(13-7-19)17(27)5-10-24-9-3-8-22-24/h3,8-9,14H,2,4-7,10-13H2,1H3,(H,20,21). The maximum Gasteiger partial charge on any atom is 0.224 e. The molecule has 0 saturated carbocycles. The number of carbonyl (C=O) groups is 2. The summed E-state index contributed by atoms with van der Waals surface area (Å²) in [6.45, 7) is 4.52. The van der Waals surface area contributed by atoms with Crippen molar-refractivity contribution >= 4 is 11.8 Å². The Labute approximate surface area is 158 Å². The summed E-state index contributed by atoms with van der Waals surface area (Å²) in [7, 11) is 0. The highest BCUT2D eigenvalue weighted by molar-refractivity contribution is 5.78. The predicted octanol–water partition coefficient (Wildman–Crippen LogP) is 1.31. The number of aromatic nitrogens is 4. The molecule has 27 heavy (non-hydrogen) atoms. The third-order valence-electron chi connectivity index (χ3n) is 5.92. The van der Waals surface area contributed by atoms with Gasteiger partial charge >= 0.3 is 0 Å². The summed E-state index contributed by atoms with van der Waals surface area (Å²) >= 11 is 0. The second-order valence-corrected chi connectivity index (χ2v) is 7.31. The van der Waals surface area contributed by atoms with Crippen LogP contribution in [0.1, 0.15) is 44.0 Å². The number of likely N-dealkylation sites (tertiary alicyclic amines) is 1. The minimum Gasteiger partial charge on any atom is -0.348 e. The molecule has 1 N–H and O–H groups in total. The summed E-state index contributed by atoms with van der Waals surface area (Å²) in [6.07, 6.45) is 8.55. The van der Waals surface area contributed by atoms with E-state index in [9.17, 15) is 9.59 Å². The van der Waals surface area contributed by atoms with Crippen LogP contribution in [0.15, 0.2) is 24.8 Å². The van der Waals surface area contributed by atoms with Crippen molar-refractivity contribution in [2.45, 2.75) is 51.1 Å². The molecular weight excluding hydrogens is 344 g/mol. The topological polar surface area (TPSA) is 87.1 Å². The first-order valence-electron chi connectivity index (χ1n) is 9.72. The summed E-state index contributed by atoms with van der Waals surface area (Å²) < 4.78 is 1.78. The number of H-pyrrole nitrogens is 1. The van der Waals surface area contributed by atoms with E-state index >= 15 is 0 Å². The minimum atomic E-state index is -0.376. The van der Waals surface area contributed by atoms with Crippen LogP contribution in [0, 0.1) is 0 Å². The van der Waals surface area contributed by atoms with Crippen LogP contribution in [0.2, 0.25) is 0 Å². The van der Waals surface area contributed by atoms with Gasteiger partial charge in [-0.15, -0.1) is 0 Å². The maximum absolute atomic E-state index is 12.6. The van der Waals surface area contributed by atoms with Crippen LogP contribution in [0.4, 0.5) is 0 Å². The Balaban J connectivity index is 1.47. The van der Waals surface area contributed by atoms with Crippen molar-refractivity contribution in [3.63, 3.8) is 0 Å². The Morgan fingerprint density at radius 2 is 2.04 bits per heavy atom. The van der Waals surface area contributed by atoms with Crippen molar-refractivity contribution in [3.05, 3.63) is 36.2 Å². The molecule has 144 valence electrons. The largest absolute Gasteiger partial charge is 0.348 e. The molecule has 2 aromatic rings. The minimum absolute atomic E-state index is 0.145. The van der Waals surface area contributed by atoms with Gasteiger partial charge in [-0.2, -0.15) is 5.10 Å². The average Bonchev–Trinajstić information content (AvgIpc) is 3.38. The van der Waals surface area contributed by atoms with Gasteiger partial charge in [-0.25, -0.2) is 4.98 Å². The molecule has 8 nitrogen and oxygen atoms in total. The lowest BCUT2D eigenvalue weighted by Crippen LogP contribution is -2.58. The number of fused-ring (bicyclic) bond motifs is 2. The number of imidazole rings is 1. The molecule has 2 aliphatic rings. The van der Waals surface area contributed by atoms with Crippen molar-refractivity contribution < 1.29 is 9.59 Å².